The van der Waals surface area contributed by atoms with Crippen molar-refractivity contribution in [3.8, 4) is 0 Å². The third kappa shape index (κ3) is 4.72. The Labute approximate surface area is 97.4 Å². The second-order valence-electron chi connectivity index (χ2n) is 4.08. The van der Waals surface area contributed by atoms with Crippen LogP contribution in [-0.2, 0) is 6.42 Å². The molecular formula is C13H21NS. The van der Waals surface area contributed by atoms with Crippen LogP contribution < -0.4 is 5.73 Å². The number of hydrogen-bond donors (Lipinski definition) is 1. The summed E-state index contributed by atoms with van der Waals surface area (Å²) in [6, 6.07) is 8.74. The van der Waals surface area contributed by atoms with Crippen LogP contribution in [0.2, 0.25) is 0 Å². The lowest BCUT2D eigenvalue weighted by atomic mass is 9.96. The molecule has 1 aromatic rings. The number of nitrogens with two attached hydrogens (primary N) is 1. The van der Waals surface area contributed by atoms with Crippen LogP contribution in [0.25, 0.3) is 0 Å². The molecule has 1 atom stereocenters. The van der Waals surface area contributed by atoms with Crippen LogP contribution in [0.3, 0.4) is 0 Å². The Kier molecular flexibility index (Phi) is 5.81. The summed E-state index contributed by atoms with van der Waals surface area (Å²) >= 11 is 1.90. The molecule has 0 heterocycles. The Morgan fingerprint density at radius 2 is 2.20 bits per heavy atom. The monoisotopic (exact) mass is 223 g/mol. The van der Waals surface area contributed by atoms with Gasteiger partial charge in [0.15, 0.2) is 0 Å². The molecule has 1 aromatic carbocycles. The van der Waals surface area contributed by atoms with E-state index in [1.54, 1.807) is 0 Å². The molecule has 0 aliphatic rings. The minimum absolute atomic E-state index is 0.638. The second kappa shape index (κ2) is 6.91. The van der Waals surface area contributed by atoms with Crippen LogP contribution in [-0.4, -0.2) is 18.6 Å². The van der Waals surface area contributed by atoms with Gasteiger partial charge in [-0.25, -0.2) is 0 Å². The Morgan fingerprint density at radius 1 is 1.40 bits per heavy atom. The van der Waals surface area contributed by atoms with Crippen LogP contribution in [0.4, 0.5) is 0 Å². The zero-order valence-corrected chi connectivity index (χ0v) is 10.5. The highest BCUT2D eigenvalue weighted by atomic mass is 32.2. The van der Waals surface area contributed by atoms with Gasteiger partial charge >= 0.3 is 0 Å². The van der Waals surface area contributed by atoms with Crippen LogP contribution >= 0.6 is 11.8 Å². The highest BCUT2D eigenvalue weighted by Crippen LogP contribution is 2.14. The minimum atomic E-state index is 0.638. The molecule has 0 saturated carbocycles. The number of rotatable bonds is 6. The number of aryl methyl sites for hydroxylation is 1. The average Bonchev–Trinajstić information content (AvgIpc) is 2.24. The summed E-state index contributed by atoms with van der Waals surface area (Å²) in [5, 5.41) is 0. The van der Waals surface area contributed by atoms with E-state index in [-0.39, 0.29) is 0 Å². The van der Waals surface area contributed by atoms with E-state index in [2.05, 4.69) is 37.4 Å². The van der Waals surface area contributed by atoms with Gasteiger partial charge in [-0.15, -0.1) is 0 Å². The third-order valence-electron chi connectivity index (χ3n) is 2.67. The van der Waals surface area contributed by atoms with E-state index in [4.69, 9.17) is 5.73 Å². The van der Waals surface area contributed by atoms with Gasteiger partial charge in [-0.3, -0.25) is 0 Å². The van der Waals surface area contributed by atoms with Gasteiger partial charge < -0.3 is 5.73 Å². The maximum absolute atomic E-state index is 5.79. The quantitative estimate of drug-likeness (QED) is 0.802. The molecular weight excluding hydrogens is 202 g/mol. The Balaban J connectivity index is 2.50. The topological polar surface area (TPSA) is 26.0 Å². The lowest BCUT2D eigenvalue weighted by Crippen LogP contribution is -2.17. The Hall–Kier alpha value is -0.470. The zero-order valence-electron chi connectivity index (χ0n) is 9.70. The van der Waals surface area contributed by atoms with Gasteiger partial charge in [-0.1, -0.05) is 29.8 Å². The first-order chi connectivity index (χ1) is 7.26. The van der Waals surface area contributed by atoms with Crippen molar-refractivity contribution >= 4 is 11.8 Å². The first kappa shape index (κ1) is 12.6. The van der Waals surface area contributed by atoms with Gasteiger partial charge in [0.1, 0.15) is 0 Å². The lowest BCUT2D eigenvalue weighted by Gasteiger charge is -2.14. The SMILES string of the molecule is CSCCC(CN)Cc1cccc(C)c1. The van der Waals surface area contributed by atoms with Gasteiger partial charge in [-0.05, 0) is 49.8 Å². The molecule has 15 heavy (non-hydrogen) atoms. The summed E-state index contributed by atoms with van der Waals surface area (Å²) in [4.78, 5) is 0. The predicted molar refractivity (Wildman–Crippen MR) is 70.4 cm³/mol. The fourth-order valence-corrected chi connectivity index (χ4v) is 2.33. The molecule has 2 N–H and O–H groups in total. The van der Waals surface area contributed by atoms with E-state index < -0.39 is 0 Å². The van der Waals surface area contributed by atoms with Gasteiger partial charge in [-0.2, -0.15) is 11.8 Å². The largest absolute Gasteiger partial charge is 0.330 e. The molecule has 84 valence electrons. The summed E-state index contributed by atoms with van der Waals surface area (Å²) in [5.74, 6) is 1.85. The van der Waals surface area contributed by atoms with E-state index in [1.807, 2.05) is 11.8 Å². The molecule has 0 aliphatic carbocycles. The van der Waals surface area contributed by atoms with Crippen molar-refractivity contribution in [1.29, 1.82) is 0 Å². The molecule has 2 heteroatoms. The molecule has 0 radical (unpaired) electrons. The van der Waals surface area contributed by atoms with Crippen molar-refractivity contribution in [3.63, 3.8) is 0 Å². The van der Waals surface area contributed by atoms with Gasteiger partial charge in [0, 0.05) is 0 Å². The van der Waals surface area contributed by atoms with Gasteiger partial charge in [0.25, 0.3) is 0 Å². The molecule has 0 saturated heterocycles. The molecule has 0 aromatic heterocycles. The van der Waals surface area contributed by atoms with E-state index in [0.717, 1.165) is 13.0 Å². The molecule has 1 unspecified atom stereocenters. The fraction of sp³-hybridized carbons (Fsp3) is 0.538. The molecule has 0 fully saturated rings. The fourth-order valence-electron chi connectivity index (χ4n) is 1.76. The van der Waals surface area contributed by atoms with Crippen LogP contribution in [0, 0.1) is 12.8 Å². The van der Waals surface area contributed by atoms with Crippen molar-refractivity contribution in [2.24, 2.45) is 11.7 Å². The molecule has 1 rings (SSSR count). The molecule has 0 aliphatic heterocycles. The smallest absolute Gasteiger partial charge is 0.00454 e. The lowest BCUT2D eigenvalue weighted by molar-refractivity contribution is 0.523. The van der Waals surface area contributed by atoms with E-state index in [1.165, 1.54) is 23.3 Å². The Morgan fingerprint density at radius 3 is 2.80 bits per heavy atom. The second-order valence-corrected chi connectivity index (χ2v) is 5.06. The minimum Gasteiger partial charge on any atom is -0.330 e. The maximum atomic E-state index is 5.79. The average molecular weight is 223 g/mol. The summed E-state index contributed by atoms with van der Waals surface area (Å²) in [7, 11) is 0. The Bertz CT molecular complexity index is 286. The van der Waals surface area contributed by atoms with Crippen LogP contribution in [0.5, 0.6) is 0 Å². The van der Waals surface area contributed by atoms with Crippen LogP contribution in [0.1, 0.15) is 17.5 Å². The summed E-state index contributed by atoms with van der Waals surface area (Å²) < 4.78 is 0. The highest BCUT2D eigenvalue weighted by molar-refractivity contribution is 7.98. The first-order valence-corrected chi connectivity index (χ1v) is 6.90. The summed E-state index contributed by atoms with van der Waals surface area (Å²) in [6.07, 6.45) is 4.50. The first-order valence-electron chi connectivity index (χ1n) is 5.50. The predicted octanol–water partition coefficient (Wildman–Crippen LogP) is 2.87. The zero-order chi connectivity index (χ0) is 11.1. The van der Waals surface area contributed by atoms with Crippen molar-refractivity contribution in [3.05, 3.63) is 35.4 Å². The molecule has 0 amide bonds. The normalized spacial score (nSPS) is 12.7. The number of thioether (sulfide) groups is 1. The van der Waals surface area contributed by atoms with Crippen LogP contribution in [0.15, 0.2) is 24.3 Å². The number of hydrogen-bond acceptors (Lipinski definition) is 2. The number of benzene rings is 1. The van der Waals surface area contributed by atoms with E-state index in [9.17, 15) is 0 Å². The highest BCUT2D eigenvalue weighted by Gasteiger charge is 2.07. The molecule has 1 nitrogen and oxygen atoms in total. The third-order valence-corrected chi connectivity index (χ3v) is 3.31. The van der Waals surface area contributed by atoms with E-state index in [0.29, 0.717) is 5.92 Å². The molecule has 0 bridgehead atoms. The maximum Gasteiger partial charge on any atom is -0.00454 e. The standard InChI is InChI=1S/C13H21NS/c1-11-4-3-5-12(8-11)9-13(10-14)6-7-15-2/h3-5,8,13H,6-7,9-10,14H2,1-2H3. The van der Waals surface area contributed by atoms with Crippen molar-refractivity contribution in [2.45, 2.75) is 19.8 Å². The van der Waals surface area contributed by atoms with Crippen molar-refractivity contribution < 1.29 is 0 Å². The van der Waals surface area contributed by atoms with Crippen molar-refractivity contribution in [1.82, 2.24) is 0 Å². The summed E-state index contributed by atoms with van der Waals surface area (Å²) in [5.41, 5.74) is 8.55. The molecule has 0 spiro atoms. The van der Waals surface area contributed by atoms with Crippen molar-refractivity contribution in [2.75, 3.05) is 18.6 Å². The van der Waals surface area contributed by atoms with E-state index >= 15 is 0 Å². The summed E-state index contributed by atoms with van der Waals surface area (Å²) in [6.45, 7) is 2.94. The van der Waals surface area contributed by atoms with Gasteiger partial charge in [0.2, 0.25) is 0 Å². The van der Waals surface area contributed by atoms with Gasteiger partial charge in [0.05, 0.1) is 0 Å².